The molecule has 0 saturated carbocycles. The molecule has 0 unspecified atom stereocenters. The van der Waals surface area contributed by atoms with Crippen molar-refractivity contribution in [1.29, 1.82) is 0 Å². The van der Waals surface area contributed by atoms with Crippen LogP contribution in [0.25, 0.3) is 10.9 Å². The van der Waals surface area contributed by atoms with Crippen LogP contribution < -0.4 is 5.32 Å². The van der Waals surface area contributed by atoms with E-state index in [0.29, 0.717) is 11.9 Å². The first kappa shape index (κ1) is 14.2. The SMILES string of the molecule is CC(C)C[C@H](Nc1ncnc2cccc(F)c12)C(=O)O. The molecule has 0 saturated heterocycles. The minimum atomic E-state index is -0.984. The molecule has 0 aliphatic rings. The summed E-state index contributed by atoms with van der Waals surface area (Å²) in [7, 11) is 0. The lowest BCUT2D eigenvalue weighted by atomic mass is 10.0. The smallest absolute Gasteiger partial charge is 0.326 e. The van der Waals surface area contributed by atoms with E-state index in [1.807, 2.05) is 13.8 Å². The summed E-state index contributed by atoms with van der Waals surface area (Å²) in [6, 6.07) is 3.70. The van der Waals surface area contributed by atoms with Crippen LogP contribution in [0, 0.1) is 11.7 Å². The van der Waals surface area contributed by atoms with Crippen LogP contribution in [0.4, 0.5) is 10.2 Å². The van der Waals surface area contributed by atoms with Crippen LogP contribution in [-0.2, 0) is 4.79 Å². The molecule has 0 spiro atoms. The fraction of sp³-hybridized carbons (Fsp3) is 0.357. The van der Waals surface area contributed by atoms with Gasteiger partial charge >= 0.3 is 5.97 Å². The Morgan fingerprint density at radius 3 is 2.80 bits per heavy atom. The molecule has 0 fully saturated rings. The summed E-state index contributed by atoms with van der Waals surface area (Å²) in [4.78, 5) is 19.2. The molecular formula is C14H16FN3O2. The van der Waals surface area contributed by atoms with Gasteiger partial charge in [-0.1, -0.05) is 19.9 Å². The Morgan fingerprint density at radius 1 is 1.40 bits per heavy atom. The minimum absolute atomic E-state index is 0.196. The number of nitrogens with one attached hydrogen (secondary N) is 1. The molecule has 2 aromatic rings. The monoisotopic (exact) mass is 277 g/mol. The van der Waals surface area contributed by atoms with E-state index in [0.717, 1.165) is 0 Å². The summed E-state index contributed by atoms with van der Waals surface area (Å²) in [5, 5.41) is 12.2. The van der Waals surface area contributed by atoms with Gasteiger partial charge < -0.3 is 10.4 Å². The number of nitrogens with zero attached hydrogens (tertiary/aromatic N) is 2. The van der Waals surface area contributed by atoms with Crippen molar-refractivity contribution in [2.45, 2.75) is 26.3 Å². The number of carbonyl (C=O) groups is 1. The average Bonchev–Trinajstić information content (AvgIpc) is 2.37. The van der Waals surface area contributed by atoms with E-state index in [-0.39, 0.29) is 17.1 Å². The largest absolute Gasteiger partial charge is 0.480 e. The third kappa shape index (κ3) is 3.01. The zero-order valence-corrected chi connectivity index (χ0v) is 11.3. The van der Waals surface area contributed by atoms with Crippen LogP contribution >= 0.6 is 0 Å². The van der Waals surface area contributed by atoms with E-state index in [1.54, 1.807) is 12.1 Å². The molecule has 106 valence electrons. The molecule has 1 aromatic heterocycles. The Morgan fingerprint density at radius 2 is 2.15 bits per heavy atom. The second-order valence-corrected chi connectivity index (χ2v) is 5.02. The number of rotatable bonds is 5. The van der Waals surface area contributed by atoms with Gasteiger partial charge in [0.1, 0.15) is 24.0 Å². The molecule has 20 heavy (non-hydrogen) atoms. The number of fused-ring (bicyclic) bond motifs is 1. The van der Waals surface area contributed by atoms with E-state index in [2.05, 4.69) is 15.3 Å². The summed E-state index contributed by atoms with van der Waals surface area (Å²) in [5.41, 5.74) is 0.441. The van der Waals surface area contributed by atoms with E-state index in [1.165, 1.54) is 12.4 Å². The molecule has 1 heterocycles. The highest BCUT2D eigenvalue weighted by molar-refractivity contribution is 5.91. The molecule has 1 atom stereocenters. The van der Waals surface area contributed by atoms with Crippen LogP contribution in [0.15, 0.2) is 24.5 Å². The Bertz CT molecular complexity index is 626. The molecule has 6 heteroatoms. The zero-order chi connectivity index (χ0) is 14.7. The van der Waals surface area contributed by atoms with Crippen molar-refractivity contribution >= 4 is 22.7 Å². The van der Waals surface area contributed by atoms with Gasteiger partial charge in [0, 0.05) is 0 Å². The lowest BCUT2D eigenvalue weighted by molar-refractivity contribution is -0.138. The summed E-state index contributed by atoms with van der Waals surface area (Å²) in [6.45, 7) is 3.85. The van der Waals surface area contributed by atoms with Crippen molar-refractivity contribution in [3.63, 3.8) is 0 Å². The van der Waals surface area contributed by atoms with Gasteiger partial charge in [-0.05, 0) is 24.5 Å². The van der Waals surface area contributed by atoms with E-state index < -0.39 is 17.8 Å². The predicted molar refractivity (Wildman–Crippen MR) is 74.0 cm³/mol. The normalized spacial score (nSPS) is 12.6. The van der Waals surface area contributed by atoms with Crippen LogP contribution in [0.1, 0.15) is 20.3 Å². The molecule has 0 aliphatic carbocycles. The topological polar surface area (TPSA) is 75.1 Å². The average molecular weight is 277 g/mol. The first-order valence-electron chi connectivity index (χ1n) is 6.37. The van der Waals surface area contributed by atoms with E-state index >= 15 is 0 Å². The molecule has 0 aliphatic heterocycles. The maximum atomic E-state index is 13.9. The third-order valence-corrected chi connectivity index (χ3v) is 2.93. The Kier molecular flexibility index (Phi) is 4.12. The quantitative estimate of drug-likeness (QED) is 0.878. The molecule has 2 rings (SSSR count). The zero-order valence-electron chi connectivity index (χ0n) is 11.3. The predicted octanol–water partition coefficient (Wildman–Crippen LogP) is 2.68. The fourth-order valence-electron chi connectivity index (χ4n) is 2.04. The standard InChI is InChI=1S/C14H16FN3O2/c1-8(2)6-11(14(19)20)18-13-12-9(15)4-3-5-10(12)16-7-17-13/h3-5,7-8,11H,6H2,1-2H3,(H,19,20)(H,16,17,18)/t11-/m0/s1. The first-order chi connectivity index (χ1) is 9.49. The number of benzene rings is 1. The number of aliphatic carboxylic acids is 1. The van der Waals surface area contributed by atoms with Gasteiger partial charge in [-0.15, -0.1) is 0 Å². The van der Waals surface area contributed by atoms with Gasteiger partial charge in [0.05, 0.1) is 10.9 Å². The maximum Gasteiger partial charge on any atom is 0.326 e. The lowest BCUT2D eigenvalue weighted by Crippen LogP contribution is -2.31. The third-order valence-electron chi connectivity index (χ3n) is 2.93. The van der Waals surface area contributed by atoms with E-state index in [9.17, 15) is 14.3 Å². The summed E-state index contributed by atoms with van der Waals surface area (Å²) < 4.78 is 13.9. The van der Waals surface area contributed by atoms with Crippen molar-refractivity contribution in [2.75, 3.05) is 5.32 Å². The summed E-state index contributed by atoms with van der Waals surface area (Å²) in [6.07, 6.45) is 1.72. The fourth-order valence-corrected chi connectivity index (χ4v) is 2.04. The van der Waals surface area contributed by atoms with Crippen LogP contribution in [0.3, 0.4) is 0 Å². The highest BCUT2D eigenvalue weighted by Gasteiger charge is 2.21. The molecule has 0 amide bonds. The first-order valence-corrected chi connectivity index (χ1v) is 6.37. The number of anilines is 1. The van der Waals surface area contributed by atoms with Crippen molar-refractivity contribution in [3.8, 4) is 0 Å². The minimum Gasteiger partial charge on any atom is -0.480 e. The molecule has 0 bridgehead atoms. The van der Waals surface area contributed by atoms with Gasteiger partial charge in [-0.25, -0.2) is 19.2 Å². The van der Waals surface area contributed by atoms with Crippen LogP contribution in [-0.4, -0.2) is 27.1 Å². The van der Waals surface area contributed by atoms with Gasteiger partial charge in [-0.2, -0.15) is 0 Å². The van der Waals surface area contributed by atoms with Gasteiger partial charge in [0.25, 0.3) is 0 Å². The van der Waals surface area contributed by atoms with E-state index in [4.69, 9.17) is 0 Å². The van der Waals surface area contributed by atoms with Crippen LogP contribution in [0.2, 0.25) is 0 Å². The summed E-state index contributed by atoms with van der Waals surface area (Å²) >= 11 is 0. The van der Waals surface area contributed by atoms with Gasteiger partial charge in [0.15, 0.2) is 0 Å². The van der Waals surface area contributed by atoms with Crippen molar-refractivity contribution in [1.82, 2.24) is 9.97 Å². The van der Waals surface area contributed by atoms with Crippen molar-refractivity contribution in [2.24, 2.45) is 5.92 Å². The molecule has 5 nitrogen and oxygen atoms in total. The highest BCUT2D eigenvalue weighted by atomic mass is 19.1. The maximum absolute atomic E-state index is 13.9. The number of aromatic nitrogens is 2. The Hall–Kier alpha value is -2.24. The van der Waals surface area contributed by atoms with Gasteiger partial charge in [0.2, 0.25) is 0 Å². The highest BCUT2D eigenvalue weighted by Crippen LogP contribution is 2.23. The number of hydrogen-bond acceptors (Lipinski definition) is 4. The van der Waals surface area contributed by atoms with Crippen molar-refractivity contribution in [3.05, 3.63) is 30.3 Å². The summed E-state index contributed by atoms with van der Waals surface area (Å²) in [5.74, 6) is -1.05. The molecular weight excluding hydrogens is 261 g/mol. The molecule has 2 N–H and O–H groups in total. The Labute approximate surface area is 115 Å². The number of hydrogen-bond donors (Lipinski definition) is 2. The van der Waals surface area contributed by atoms with Crippen LogP contribution in [0.5, 0.6) is 0 Å². The number of carboxylic acids is 1. The second-order valence-electron chi connectivity index (χ2n) is 5.02. The van der Waals surface area contributed by atoms with Gasteiger partial charge in [-0.3, -0.25) is 0 Å². The Balaban J connectivity index is 2.39. The second kappa shape index (κ2) is 5.81. The van der Waals surface area contributed by atoms with Crippen molar-refractivity contribution < 1.29 is 14.3 Å². The number of carboxylic acid groups (broad SMARTS) is 1. The number of halogens is 1. The molecule has 0 radical (unpaired) electrons. The molecule has 1 aromatic carbocycles. The lowest BCUT2D eigenvalue weighted by Gasteiger charge is -2.18.